The molecular formula is C15H15NO4S2. The molecule has 1 aliphatic rings. The van der Waals surface area contributed by atoms with Crippen molar-refractivity contribution in [2.75, 3.05) is 13.2 Å². The van der Waals surface area contributed by atoms with Crippen molar-refractivity contribution < 1.29 is 19.4 Å². The van der Waals surface area contributed by atoms with E-state index < -0.39 is 5.97 Å². The lowest BCUT2D eigenvalue weighted by Crippen LogP contribution is -2.27. The summed E-state index contributed by atoms with van der Waals surface area (Å²) in [7, 11) is 0. The van der Waals surface area contributed by atoms with Gasteiger partial charge in [-0.05, 0) is 30.7 Å². The molecule has 1 aliphatic heterocycles. The molecule has 0 atom stereocenters. The zero-order valence-corrected chi connectivity index (χ0v) is 13.6. The smallest absolute Gasteiger partial charge is 0.306 e. The Labute approximate surface area is 137 Å². The lowest BCUT2D eigenvalue weighted by Gasteiger charge is -2.09. The Balaban J connectivity index is 2.02. The molecule has 0 saturated carbocycles. The van der Waals surface area contributed by atoms with Crippen molar-refractivity contribution in [2.45, 2.75) is 13.3 Å². The summed E-state index contributed by atoms with van der Waals surface area (Å²) in [5.74, 6) is -0.367. The summed E-state index contributed by atoms with van der Waals surface area (Å²) in [6, 6.07) is 7.12. The van der Waals surface area contributed by atoms with Gasteiger partial charge in [0, 0.05) is 6.54 Å². The number of carboxylic acids is 1. The molecular weight excluding hydrogens is 322 g/mol. The quantitative estimate of drug-likeness (QED) is 0.636. The minimum Gasteiger partial charge on any atom is -0.493 e. The van der Waals surface area contributed by atoms with E-state index in [1.54, 1.807) is 23.1 Å². The van der Waals surface area contributed by atoms with E-state index in [1.165, 1.54) is 11.8 Å². The Morgan fingerprint density at radius 1 is 1.41 bits per heavy atom. The maximum atomic E-state index is 12.1. The van der Waals surface area contributed by atoms with Crippen LogP contribution in [0, 0.1) is 0 Å². The van der Waals surface area contributed by atoms with Gasteiger partial charge in [-0.1, -0.05) is 36.1 Å². The molecule has 1 saturated heterocycles. The van der Waals surface area contributed by atoms with Gasteiger partial charge in [0.2, 0.25) is 0 Å². The minimum absolute atomic E-state index is 0.0404. The molecule has 0 unspecified atom stereocenters. The number of thioether (sulfide) groups is 1. The number of rotatable bonds is 6. The van der Waals surface area contributed by atoms with Crippen LogP contribution in [-0.4, -0.2) is 39.4 Å². The fraction of sp³-hybridized carbons (Fsp3) is 0.267. The first kappa shape index (κ1) is 16.5. The van der Waals surface area contributed by atoms with Crippen LogP contribution >= 0.6 is 24.0 Å². The Bertz CT molecular complexity index is 625. The molecule has 5 nitrogen and oxygen atoms in total. The third-order valence-corrected chi connectivity index (χ3v) is 4.33. The number of carbonyl (C=O) groups excluding carboxylic acids is 1. The molecule has 7 heteroatoms. The summed E-state index contributed by atoms with van der Waals surface area (Å²) < 4.78 is 5.89. The minimum atomic E-state index is -0.894. The Kier molecular flexibility index (Phi) is 5.57. The van der Waals surface area contributed by atoms with Crippen molar-refractivity contribution >= 4 is 46.3 Å². The first-order valence-electron chi connectivity index (χ1n) is 6.71. The molecule has 1 aromatic rings. The van der Waals surface area contributed by atoms with Crippen LogP contribution in [0.4, 0.5) is 0 Å². The summed E-state index contributed by atoms with van der Waals surface area (Å²) in [6.45, 7) is 2.58. The highest BCUT2D eigenvalue weighted by Gasteiger charge is 2.30. The van der Waals surface area contributed by atoms with Gasteiger partial charge in [0.25, 0.3) is 5.91 Å². The molecule has 0 aromatic heterocycles. The molecule has 116 valence electrons. The van der Waals surface area contributed by atoms with E-state index in [-0.39, 0.29) is 18.9 Å². The van der Waals surface area contributed by atoms with Gasteiger partial charge in [0.1, 0.15) is 10.1 Å². The molecule has 0 bridgehead atoms. The van der Waals surface area contributed by atoms with E-state index in [4.69, 9.17) is 22.1 Å². The second-order valence-electron chi connectivity index (χ2n) is 4.49. The van der Waals surface area contributed by atoms with Crippen molar-refractivity contribution in [1.29, 1.82) is 0 Å². The maximum Gasteiger partial charge on any atom is 0.306 e. The third-order valence-electron chi connectivity index (χ3n) is 2.95. The predicted octanol–water partition coefficient (Wildman–Crippen LogP) is 2.76. The molecule has 0 aliphatic carbocycles. The van der Waals surface area contributed by atoms with Crippen molar-refractivity contribution in [3.63, 3.8) is 0 Å². The lowest BCUT2D eigenvalue weighted by atomic mass is 10.2. The Morgan fingerprint density at radius 2 is 2.09 bits per heavy atom. The fourth-order valence-corrected chi connectivity index (χ4v) is 3.22. The molecule has 22 heavy (non-hydrogen) atoms. The average molecular weight is 337 g/mol. The number of carbonyl (C=O) groups is 2. The largest absolute Gasteiger partial charge is 0.493 e. The topological polar surface area (TPSA) is 66.8 Å². The van der Waals surface area contributed by atoms with E-state index in [0.717, 1.165) is 5.56 Å². The number of aliphatic carboxylic acids is 1. The summed E-state index contributed by atoms with van der Waals surface area (Å²) in [5.41, 5.74) is 0.863. The van der Waals surface area contributed by atoms with Gasteiger partial charge in [0.15, 0.2) is 0 Å². The molecule has 1 amide bonds. The Hall–Kier alpha value is -1.86. The normalized spacial score (nSPS) is 16.4. The standard InChI is InChI=1S/C15H15NO4S2/c1-2-16-14(19)12(22-15(16)21)9-10-3-5-11(6-4-10)20-8-7-13(17)18/h3-6,9H,2,7-8H2,1H3,(H,17,18)/b12-9-. The zero-order valence-electron chi connectivity index (χ0n) is 11.9. The van der Waals surface area contributed by atoms with Crippen LogP contribution in [0.25, 0.3) is 6.08 Å². The number of likely N-dealkylation sites (N-methyl/N-ethyl adjacent to an activating group) is 1. The lowest BCUT2D eigenvalue weighted by molar-refractivity contribution is -0.137. The van der Waals surface area contributed by atoms with Crippen LogP contribution in [0.2, 0.25) is 0 Å². The fourth-order valence-electron chi connectivity index (χ4n) is 1.84. The third kappa shape index (κ3) is 4.08. The van der Waals surface area contributed by atoms with Crippen molar-refractivity contribution in [3.8, 4) is 5.75 Å². The monoisotopic (exact) mass is 337 g/mol. The highest BCUT2D eigenvalue weighted by molar-refractivity contribution is 8.26. The van der Waals surface area contributed by atoms with Crippen LogP contribution in [0.1, 0.15) is 18.9 Å². The number of benzene rings is 1. The first-order chi connectivity index (χ1) is 10.5. The summed E-state index contributed by atoms with van der Waals surface area (Å²) in [6.07, 6.45) is 1.75. The first-order valence-corrected chi connectivity index (χ1v) is 7.93. The maximum absolute atomic E-state index is 12.1. The average Bonchev–Trinajstić information content (AvgIpc) is 2.74. The number of ether oxygens (including phenoxy) is 1. The molecule has 0 spiro atoms. The Morgan fingerprint density at radius 3 is 2.64 bits per heavy atom. The highest BCUT2D eigenvalue weighted by atomic mass is 32.2. The van der Waals surface area contributed by atoms with Crippen LogP contribution in [0.5, 0.6) is 5.75 Å². The van der Waals surface area contributed by atoms with Crippen LogP contribution < -0.4 is 4.74 Å². The van der Waals surface area contributed by atoms with E-state index in [2.05, 4.69) is 0 Å². The second-order valence-corrected chi connectivity index (χ2v) is 6.16. The van der Waals surface area contributed by atoms with Crippen LogP contribution in [-0.2, 0) is 9.59 Å². The summed E-state index contributed by atoms with van der Waals surface area (Å²) in [4.78, 5) is 24.7. The van der Waals surface area contributed by atoms with E-state index in [9.17, 15) is 9.59 Å². The molecule has 2 rings (SSSR count). The summed E-state index contributed by atoms with van der Waals surface area (Å²) in [5, 5.41) is 8.55. The molecule has 1 fully saturated rings. The number of hydrogen-bond donors (Lipinski definition) is 1. The van der Waals surface area contributed by atoms with Gasteiger partial charge in [-0.15, -0.1) is 0 Å². The van der Waals surface area contributed by atoms with Crippen molar-refractivity contribution in [3.05, 3.63) is 34.7 Å². The molecule has 0 radical (unpaired) electrons. The molecule has 1 aromatic carbocycles. The number of nitrogens with zero attached hydrogens (tertiary/aromatic N) is 1. The van der Waals surface area contributed by atoms with Gasteiger partial charge in [-0.2, -0.15) is 0 Å². The van der Waals surface area contributed by atoms with Gasteiger partial charge >= 0.3 is 5.97 Å². The van der Waals surface area contributed by atoms with E-state index in [1.807, 2.05) is 19.1 Å². The van der Waals surface area contributed by atoms with Gasteiger partial charge in [-0.25, -0.2) is 0 Å². The van der Waals surface area contributed by atoms with Crippen molar-refractivity contribution in [1.82, 2.24) is 4.90 Å². The zero-order chi connectivity index (χ0) is 16.1. The molecule has 1 heterocycles. The number of carboxylic acid groups (broad SMARTS) is 1. The van der Waals surface area contributed by atoms with E-state index in [0.29, 0.717) is 21.5 Å². The van der Waals surface area contributed by atoms with Gasteiger partial charge in [0.05, 0.1) is 17.9 Å². The molecule has 1 N–H and O–H groups in total. The second kappa shape index (κ2) is 7.42. The van der Waals surface area contributed by atoms with Gasteiger partial charge in [-0.3, -0.25) is 14.5 Å². The number of amides is 1. The SMILES string of the molecule is CCN1C(=O)/C(=C/c2ccc(OCCC(=O)O)cc2)SC1=S. The number of hydrogen-bond acceptors (Lipinski definition) is 5. The van der Waals surface area contributed by atoms with Crippen LogP contribution in [0.3, 0.4) is 0 Å². The predicted molar refractivity (Wildman–Crippen MR) is 89.7 cm³/mol. The van der Waals surface area contributed by atoms with E-state index >= 15 is 0 Å². The highest BCUT2D eigenvalue weighted by Crippen LogP contribution is 2.32. The van der Waals surface area contributed by atoms with Gasteiger partial charge < -0.3 is 9.84 Å². The van der Waals surface area contributed by atoms with Crippen molar-refractivity contribution in [2.24, 2.45) is 0 Å². The van der Waals surface area contributed by atoms with Crippen LogP contribution in [0.15, 0.2) is 29.2 Å². The number of thiocarbonyl (C=S) groups is 1. The summed E-state index contributed by atoms with van der Waals surface area (Å²) >= 11 is 6.45.